The minimum atomic E-state index is -3.72. The van der Waals surface area contributed by atoms with Crippen LogP contribution in [0.5, 0.6) is 0 Å². The summed E-state index contributed by atoms with van der Waals surface area (Å²) in [5, 5.41) is 1.70. The molecule has 5 nitrogen and oxygen atoms in total. The van der Waals surface area contributed by atoms with Crippen LogP contribution in [0.15, 0.2) is 82.3 Å². The number of carbonyl (C=O) groups is 1. The first kappa shape index (κ1) is 17.9. The number of sulfone groups is 1. The van der Waals surface area contributed by atoms with Crippen molar-refractivity contribution in [3.63, 3.8) is 0 Å². The van der Waals surface area contributed by atoms with Gasteiger partial charge in [0.15, 0.2) is 9.84 Å². The highest BCUT2D eigenvalue weighted by Crippen LogP contribution is 2.28. The van der Waals surface area contributed by atoms with Crippen molar-refractivity contribution in [1.29, 1.82) is 0 Å². The zero-order chi connectivity index (χ0) is 18.6. The number of nitrogens with one attached hydrogen (secondary N) is 1. The monoisotopic (exact) mass is 369 g/mol. The number of aryl methyl sites for hydroxylation is 1. The minimum Gasteiger partial charge on any atom is -0.468 e. The van der Waals surface area contributed by atoms with E-state index in [1.54, 1.807) is 42.5 Å². The SMILES string of the molecule is Cc1ccc(C(=O)NCC(c2ccco2)S(=O)(=O)c2ccccc2)cc1. The van der Waals surface area contributed by atoms with Crippen LogP contribution in [0.25, 0.3) is 0 Å². The molecule has 1 unspecified atom stereocenters. The van der Waals surface area contributed by atoms with Crippen LogP contribution < -0.4 is 5.32 Å². The molecule has 1 N–H and O–H groups in total. The Morgan fingerprint density at radius 3 is 2.31 bits per heavy atom. The first-order chi connectivity index (χ1) is 12.5. The highest BCUT2D eigenvalue weighted by molar-refractivity contribution is 7.91. The summed E-state index contributed by atoms with van der Waals surface area (Å²) in [7, 11) is -3.72. The summed E-state index contributed by atoms with van der Waals surface area (Å²) in [5.74, 6) is -0.0390. The molecular formula is C20H19NO4S. The number of hydrogen-bond acceptors (Lipinski definition) is 4. The fourth-order valence-electron chi connectivity index (χ4n) is 2.60. The fraction of sp³-hybridized carbons (Fsp3) is 0.150. The third kappa shape index (κ3) is 3.86. The van der Waals surface area contributed by atoms with Gasteiger partial charge in [-0.25, -0.2) is 8.42 Å². The van der Waals surface area contributed by atoms with E-state index in [0.717, 1.165) is 5.56 Å². The third-order valence-electron chi connectivity index (χ3n) is 4.07. The summed E-state index contributed by atoms with van der Waals surface area (Å²) >= 11 is 0. The summed E-state index contributed by atoms with van der Waals surface area (Å²) in [6.45, 7) is 1.85. The largest absolute Gasteiger partial charge is 0.468 e. The van der Waals surface area contributed by atoms with Crippen molar-refractivity contribution in [2.45, 2.75) is 17.1 Å². The van der Waals surface area contributed by atoms with Crippen molar-refractivity contribution in [3.05, 3.63) is 89.9 Å². The van der Waals surface area contributed by atoms with Crippen molar-refractivity contribution in [3.8, 4) is 0 Å². The molecule has 3 aromatic rings. The normalized spacial score (nSPS) is 12.5. The van der Waals surface area contributed by atoms with E-state index in [-0.39, 0.29) is 23.1 Å². The smallest absolute Gasteiger partial charge is 0.251 e. The molecule has 1 amide bonds. The van der Waals surface area contributed by atoms with Crippen LogP contribution in [0.3, 0.4) is 0 Å². The lowest BCUT2D eigenvalue weighted by Crippen LogP contribution is -2.31. The molecule has 2 aromatic carbocycles. The molecule has 0 fully saturated rings. The van der Waals surface area contributed by atoms with Crippen LogP contribution >= 0.6 is 0 Å². The lowest BCUT2D eigenvalue weighted by Gasteiger charge is -2.16. The Labute approximate surface area is 152 Å². The van der Waals surface area contributed by atoms with Gasteiger partial charge < -0.3 is 9.73 Å². The molecule has 1 aromatic heterocycles. The third-order valence-corrected chi connectivity index (χ3v) is 6.15. The molecule has 0 saturated heterocycles. The molecule has 0 bridgehead atoms. The zero-order valence-electron chi connectivity index (χ0n) is 14.3. The summed E-state index contributed by atoms with van der Waals surface area (Å²) in [4.78, 5) is 12.5. The Balaban J connectivity index is 1.84. The summed E-state index contributed by atoms with van der Waals surface area (Å²) < 4.78 is 31.4. The second-order valence-electron chi connectivity index (χ2n) is 5.94. The molecule has 0 aliphatic carbocycles. The van der Waals surface area contributed by atoms with Crippen molar-refractivity contribution >= 4 is 15.7 Å². The topological polar surface area (TPSA) is 76.4 Å². The van der Waals surface area contributed by atoms with E-state index in [2.05, 4.69) is 5.32 Å². The Kier molecular flexibility index (Phi) is 5.23. The van der Waals surface area contributed by atoms with Crippen molar-refractivity contribution < 1.29 is 17.6 Å². The van der Waals surface area contributed by atoms with E-state index in [1.165, 1.54) is 18.4 Å². The van der Waals surface area contributed by atoms with Gasteiger partial charge in [-0.3, -0.25) is 4.79 Å². The van der Waals surface area contributed by atoms with Crippen LogP contribution in [-0.4, -0.2) is 20.9 Å². The average molecular weight is 369 g/mol. The van der Waals surface area contributed by atoms with Gasteiger partial charge in [0.1, 0.15) is 11.0 Å². The quantitative estimate of drug-likeness (QED) is 0.721. The van der Waals surface area contributed by atoms with Gasteiger partial charge in [0.2, 0.25) is 0 Å². The molecule has 26 heavy (non-hydrogen) atoms. The number of hydrogen-bond donors (Lipinski definition) is 1. The first-order valence-electron chi connectivity index (χ1n) is 8.15. The molecule has 0 radical (unpaired) electrons. The van der Waals surface area contributed by atoms with Gasteiger partial charge in [-0.15, -0.1) is 0 Å². The van der Waals surface area contributed by atoms with E-state index >= 15 is 0 Å². The molecule has 0 aliphatic rings. The van der Waals surface area contributed by atoms with Crippen molar-refractivity contribution in [2.24, 2.45) is 0 Å². The van der Waals surface area contributed by atoms with Crippen LogP contribution in [0, 0.1) is 6.92 Å². The number of furan rings is 1. The van der Waals surface area contributed by atoms with Gasteiger partial charge in [0.05, 0.1) is 11.2 Å². The van der Waals surface area contributed by atoms with Gasteiger partial charge in [0.25, 0.3) is 5.91 Å². The number of rotatable bonds is 6. The number of amides is 1. The number of carbonyl (C=O) groups excluding carboxylic acids is 1. The highest BCUT2D eigenvalue weighted by atomic mass is 32.2. The molecule has 0 saturated carbocycles. The van der Waals surface area contributed by atoms with Crippen LogP contribution in [-0.2, 0) is 9.84 Å². The van der Waals surface area contributed by atoms with Gasteiger partial charge in [-0.2, -0.15) is 0 Å². The molecule has 1 atom stereocenters. The van der Waals surface area contributed by atoms with Gasteiger partial charge in [-0.05, 0) is 43.3 Å². The maximum Gasteiger partial charge on any atom is 0.251 e. The minimum absolute atomic E-state index is 0.0859. The van der Waals surface area contributed by atoms with E-state index in [0.29, 0.717) is 5.56 Å². The second kappa shape index (κ2) is 7.58. The van der Waals surface area contributed by atoms with E-state index in [4.69, 9.17) is 4.42 Å². The maximum absolute atomic E-state index is 13.0. The standard InChI is InChI=1S/C20H19NO4S/c1-15-9-11-16(12-10-15)20(22)21-14-19(18-8-5-13-25-18)26(23,24)17-6-3-2-4-7-17/h2-13,19H,14H2,1H3,(H,21,22). The van der Waals surface area contributed by atoms with E-state index in [1.807, 2.05) is 19.1 Å². The number of benzene rings is 2. The molecular weight excluding hydrogens is 350 g/mol. The Hall–Kier alpha value is -2.86. The molecule has 3 rings (SSSR count). The highest BCUT2D eigenvalue weighted by Gasteiger charge is 2.31. The van der Waals surface area contributed by atoms with E-state index in [9.17, 15) is 13.2 Å². The zero-order valence-corrected chi connectivity index (χ0v) is 15.1. The molecule has 1 heterocycles. The molecule has 134 valence electrons. The van der Waals surface area contributed by atoms with Crippen molar-refractivity contribution in [2.75, 3.05) is 6.54 Å². The first-order valence-corrected chi connectivity index (χ1v) is 9.70. The van der Waals surface area contributed by atoms with Gasteiger partial charge >= 0.3 is 0 Å². The van der Waals surface area contributed by atoms with Crippen molar-refractivity contribution in [1.82, 2.24) is 5.32 Å². The average Bonchev–Trinajstić information content (AvgIpc) is 3.17. The predicted molar refractivity (Wildman–Crippen MR) is 98.6 cm³/mol. The molecule has 6 heteroatoms. The summed E-state index contributed by atoms with van der Waals surface area (Å²) in [5.41, 5.74) is 1.52. The van der Waals surface area contributed by atoms with Crippen LogP contribution in [0.1, 0.15) is 26.9 Å². The molecule has 0 aliphatic heterocycles. The van der Waals surface area contributed by atoms with Crippen LogP contribution in [0.2, 0.25) is 0 Å². The second-order valence-corrected chi connectivity index (χ2v) is 8.07. The summed E-state index contributed by atoms with van der Waals surface area (Å²) in [6.07, 6.45) is 1.42. The lowest BCUT2D eigenvalue weighted by molar-refractivity contribution is 0.0953. The predicted octanol–water partition coefficient (Wildman–Crippen LogP) is 3.53. The Morgan fingerprint density at radius 2 is 1.69 bits per heavy atom. The summed E-state index contributed by atoms with van der Waals surface area (Å²) in [6, 6.07) is 18.5. The van der Waals surface area contributed by atoms with Gasteiger partial charge in [0, 0.05) is 12.1 Å². The fourth-order valence-corrected chi connectivity index (χ4v) is 4.21. The van der Waals surface area contributed by atoms with Gasteiger partial charge in [-0.1, -0.05) is 35.9 Å². The molecule has 0 spiro atoms. The lowest BCUT2D eigenvalue weighted by atomic mass is 10.1. The maximum atomic E-state index is 13.0. The Bertz CT molecular complexity index is 962. The van der Waals surface area contributed by atoms with E-state index < -0.39 is 15.1 Å². The van der Waals surface area contributed by atoms with Crippen LogP contribution in [0.4, 0.5) is 0 Å². The Morgan fingerprint density at radius 1 is 1.00 bits per heavy atom.